The highest BCUT2D eigenvalue weighted by molar-refractivity contribution is 5.47. The fourth-order valence-corrected chi connectivity index (χ4v) is 2.97. The van der Waals surface area contributed by atoms with Gasteiger partial charge in [-0.05, 0) is 31.2 Å². The molecule has 2 aromatic rings. The zero-order chi connectivity index (χ0) is 14.7. The molecule has 1 aliphatic carbocycles. The van der Waals surface area contributed by atoms with E-state index < -0.39 is 0 Å². The van der Waals surface area contributed by atoms with Gasteiger partial charge in [0, 0.05) is 23.2 Å². The number of aromatic nitrogens is 2. The van der Waals surface area contributed by atoms with Crippen LogP contribution in [-0.2, 0) is 18.3 Å². The molecule has 0 radical (unpaired) electrons. The first-order chi connectivity index (χ1) is 10.2. The van der Waals surface area contributed by atoms with E-state index in [1.807, 2.05) is 0 Å². The third kappa shape index (κ3) is 3.07. The van der Waals surface area contributed by atoms with Crippen LogP contribution in [0.4, 0.5) is 5.82 Å². The van der Waals surface area contributed by atoms with Gasteiger partial charge in [0.2, 0.25) is 0 Å². The van der Waals surface area contributed by atoms with Crippen molar-refractivity contribution in [2.75, 3.05) is 11.9 Å². The molecule has 0 saturated carbocycles. The molecule has 1 aromatic heterocycles. The minimum atomic E-state index is 0.0771. The van der Waals surface area contributed by atoms with Gasteiger partial charge in [0.1, 0.15) is 12.1 Å². The Bertz CT molecular complexity index is 605. The molecule has 0 bridgehead atoms. The standard InChI is InChI=1S/C18H23N3/c1-18(2,14-8-4-3-5-9-14)12-19-17-15-10-6-7-11-16(15)20-13-21-17/h3-5,8-9,13H,6-7,10-12H2,1-2H3,(H,19,20,21). The first kappa shape index (κ1) is 14.1. The van der Waals surface area contributed by atoms with Crippen molar-refractivity contribution in [2.24, 2.45) is 0 Å². The fourth-order valence-electron chi connectivity index (χ4n) is 2.97. The lowest BCUT2D eigenvalue weighted by Gasteiger charge is -2.27. The Balaban J connectivity index is 1.76. The molecule has 1 heterocycles. The van der Waals surface area contributed by atoms with Crippen molar-refractivity contribution in [2.45, 2.75) is 44.9 Å². The SMILES string of the molecule is CC(C)(CNc1ncnc2c1CCCC2)c1ccccc1. The second-order valence-electron chi connectivity index (χ2n) is 6.46. The minimum absolute atomic E-state index is 0.0771. The number of nitrogens with one attached hydrogen (secondary N) is 1. The third-order valence-corrected chi connectivity index (χ3v) is 4.38. The first-order valence-electron chi connectivity index (χ1n) is 7.79. The van der Waals surface area contributed by atoms with E-state index in [1.54, 1.807) is 6.33 Å². The Morgan fingerprint density at radius 1 is 1.05 bits per heavy atom. The molecule has 1 aromatic carbocycles. The summed E-state index contributed by atoms with van der Waals surface area (Å²) < 4.78 is 0. The van der Waals surface area contributed by atoms with E-state index in [9.17, 15) is 0 Å². The Hall–Kier alpha value is -1.90. The smallest absolute Gasteiger partial charge is 0.132 e. The van der Waals surface area contributed by atoms with Crippen LogP contribution in [0.25, 0.3) is 0 Å². The monoisotopic (exact) mass is 281 g/mol. The maximum absolute atomic E-state index is 4.47. The van der Waals surface area contributed by atoms with Gasteiger partial charge < -0.3 is 5.32 Å². The molecular formula is C18H23N3. The Labute approximate surface area is 126 Å². The van der Waals surface area contributed by atoms with Crippen LogP contribution in [0.15, 0.2) is 36.7 Å². The molecule has 1 aliphatic rings. The lowest BCUT2D eigenvalue weighted by Crippen LogP contribution is -2.28. The lowest BCUT2D eigenvalue weighted by molar-refractivity contribution is 0.554. The highest BCUT2D eigenvalue weighted by atomic mass is 15.0. The number of hydrogen-bond acceptors (Lipinski definition) is 3. The average molecular weight is 281 g/mol. The van der Waals surface area contributed by atoms with Gasteiger partial charge in [0.25, 0.3) is 0 Å². The summed E-state index contributed by atoms with van der Waals surface area (Å²) in [5, 5.41) is 3.56. The molecule has 3 rings (SSSR count). The van der Waals surface area contributed by atoms with Crippen molar-refractivity contribution in [3.63, 3.8) is 0 Å². The van der Waals surface area contributed by atoms with E-state index in [2.05, 4.69) is 59.5 Å². The number of nitrogens with zero attached hydrogens (tertiary/aromatic N) is 2. The van der Waals surface area contributed by atoms with Crippen molar-refractivity contribution in [3.8, 4) is 0 Å². The van der Waals surface area contributed by atoms with E-state index in [0.29, 0.717) is 0 Å². The number of fused-ring (bicyclic) bond motifs is 1. The summed E-state index contributed by atoms with van der Waals surface area (Å²) in [6.45, 7) is 5.41. The van der Waals surface area contributed by atoms with Gasteiger partial charge in [-0.25, -0.2) is 9.97 Å². The van der Waals surface area contributed by atoms with E-state index in [4.69, 9.17) is 0 Å². The summed E-state index contributed by atoms with van der Waals surface area (Å²) in [7, 11) is 0. The maximum Gasteiger partial charge on any atom is 0.132 e. The number of hydrogen-bond donors (Lipinski definition) is 1. The molecule has 0 saturated heterocycles. The molecule has 0 fully saturated rings. The van der Waals surface area contributed by atoms with E-state index in [1.165, 1.54) is 29.7 Å². The van der Waals surface area contributed by atoms with E-state index in [0.717, 1.165) is 25.2 Å². The van der Waals surface area contributed by atoms with Crippen molar-refractivity contribution in [1.29, 1.82) is 0 Å². The topological polar surface area (TPSA) is 37.8 Å². The molecule has 0 atom stereocenters. The van der Waals surface area contributed by atoms with Crippen LogP contribution >= 0.6 is 0 Å². The lowest BCUT2D eigenvalue weighted by atomic mass is 9.84. The zero-order valence-corrected chi connectivity index (χ0v) is 12.9. The summed E-state index contributed by atoms with van der Waals surface area (Å²) in [5.74, 6) is 1.03. The molecule has 1 N–H and O–H groups in total. The van der Waals surface area contributed by atoms with Gasteiger partial charge in [-0.1, -0.05) is 44.2 Å². The number of benzene rings is 1. The molecule has 3 nitrogen and oxygen atoms in total. The first-order valence-corrected chi connectivity index (χ1v) is 7.79. The van der Waals surface area contributed by atoms with E-state index in [-0.39, 0.29) is 5.41 Å². The molecule has 0 spiro atoms. The zero-order valence-electron chi connectivity index (χ0n) is 12.9. The van der Waals surface area contributed by atoms with Crippen LogP contribution in [0, 0.1) is 0 Å². The number of aryl methyl sites for hydroxylation is 1. The molecule has 0 unspecified atom stereocenters. The number of rotatable bonds is 4. The summed E-state index contributed by atoms with van der Waals surface area (Å²) in [4.78, 5) is 8.90. The summed E-state index contributed by atoms with van der Waals surface area (Å²) in [6.07, 6.45) is 6.39. The normalized spacial score (nSPS) is 14.6. The molecule has 0 amide bonds. The molecule has 0 aliphatic heterocycles. The van der Waals surface area contributed by atoms with Gasteiger partial charge in [-0.2, -0.15) is 0 Å². The summed E-state index contributed by atoms with van der Waals surface area (Å²) in [5.41, 5.74) is 3.98. The highest BCUT2D eigenvalue weighted by Gasteiger charge is 2.22. The van der Waals surface area contributed by atoms with Crippen LogP contribution in [0.1, 0.15) is 43.5 Å². The highest BCUT2D eigenvalue weighted by Crippen LogP contribution is 2.27. The summed E-state index contributed by atoms with van der Waals surface area (Å²) in [6, 6.07) is 10.6. The van der Waals surface area contributed by atoms with Gasteiger partial charge >= 0.3 is 0 Å². The van der Waals surface area contributed by atoms with E-state index >= 15 is 0 Å². The predicted molar refractivity (Wildman–Crippen MR) is 86.6 cm³/mol. The quantitative estimate of drug-likeness (QED) is 0.927. The second-order valence-corrected chi connectivity index (χ2v) is 6.46. The second kappa shape index (κ2) is 5.84. The van der Waals surface area contributed by atoms with Crippen molar-refractivity contribution >= 4 is 5.82 Å². The largest absolute Gasteiger partial charge is 0.369 e. The molecule has 3 heteroatoms. The van der Waals surface area contributed by atoms with Gasteiger partial charge in [0.15, 0.2) is 0 Å². The van der Waals surface area contributed by atoms with Crippen molar-refractivity contribution < 1.29 is 0 Å². The number of anilines is 1. The summed E-state index contributed by atoms with van der Waals surface area (Å²) >= 11 is 0. The van der Waals surface area contributed by atoms with Crippen LogP contribution < -0.4 is 5.32 Å². The third-order valence-electron chi connectivity index (χ3n) is 4.38. The van der Waals surface area contributed by atoms with Crippen LogP contribution in [0.5, 0.6) is 0 Å². The molecule has 21 heavy (non-hydrogen) atoms. The van der Waals surface area contributed by atoms with Crippen molar-refractivity contribution in [1.82, 2.24) is 9.97 Å². The Morgan fingerprint density at radius 3 is 2.62 bits per heavy atom. The van der Waals surface area contributed by atoms with Crippen LogP contribution in [0.2, 0.25) is 0 Å². The predicted octanol–water partition coefficient (Wildman–Crippen LogP) is 3.75. The Kier molecular flexibility index (Phi) is 3.91. The fraction of sp³-hybridized carbons (Fsp3) is 0.444. The van der Waals surface area contributed by atoms with Gasteiger partial charge in [0.05, 0.1) is 0 Å². The van der Waals surface area contributed by atoms with Crippen LogP contribution in [-0.4, -0.2) is 16.5 Å². The molecular weight excluding hydrogens is 258 g/mol. The van der Waals surface area contributed by atoms with Crippen molar-refractivity contribution in [3.05, 3.63) is 53.5 Å². The van der Waals surface area contributed by atoms with Gasteiger partial charge in [-0.15, -0.1) is 0 Å². The average Bonchev–Trinajstić information content (AvgIpc) is 2.54. The maximum atomic E-state index is 4.47. The van der Waals surface area contributed by atoms with Gasteiger partial charge in [-0.3, -0.25) is 0 Å². The van der Waals surface area contributed by atoms with Crippen LogP contribution in [0.3, 0.4) is 0 Å². The minimum Gasteiger partial charge on any atom is -0.369 e. The Morgan fingerprint density at radius 2 is 1.81 bits per heavy atom. The molecule has 110 valence electrons.